The van der Waals surface area contributed by atoms with Gasteiger partial charge in [0.1, 0.15) is 5.60 Å². The van der Waals surface area contributed by atoms with Crippen molar-refractivity contribution in [3.63, 3.8) is 0 Å². The number of amides is 1. The Balaban J connectivity index is 2.43. The molecule has 1 heterocycles. The Morgan fingerprint density at radius 1 is 1.29 bits per heavy atom. The van der Waals surface area contributed by atoms with Crippen molar-refractivity contribution < 1.29 is 9.53 Å². The van der Waals surface area contributed by atoms with Crippen LogP contribution in [0, 0.1) is 0 Å². The molecule has 0 bridgehead atoms. The number of carbonyl (C=O) groups is 1. The van der Waals surface area contributed by atoms with E-state index in [9.17, 15) is 4.79 Å². The molecule has 2 unspecified atom stereocenters. The molecule has 0 saturated carbocycles. The van der Waals surface area contributed by atoms with E-state index in [2.05, 4.69) is 6.92 Å². The van der Waals surface area contributed by atoms with Gasteiger partial charge in [0.05, 0.1) is 23.5 Å². The molecule has 21 heavy (non-hydrogen) atoms. The number of carbonyl (C=O) groups excluding carboxylic acids is 1. The molecule has 1 aromatic rings. The Morgan fingerprint density at radius 2 is 1.86 bits per heavy atom. The molecule has 1 aromatic carbocycles. The van der Waals surface area contributed by atoms with Gasteiger partial charge in [-0.3, -0.25) is 4.90 Å². The van der Waals surface area contributed by atoms with Gasteiger partial charge in [-0.2, -0.15) is 0 Å². The van der Waals surface area contributed by atoms with Crippen LogP contribution in [0.3, 0.4) is 0 Å². The molecule has 2 atom stereocenters. The summed E-state index contributed by atoms with van der Waals surface area (Å²) in [5, 5.41) is 1.76. The van der Waals surface area contributed by atoms with E-state index in [1.165, 1.54) is 0 Å². The van der Waals surface area contributed by atoms with E-state index in [-0.39, 0.29) is 18.2 Å². The molecule has 5 nitrogen and oxygen atoms in total. The van der Waals surface area contributed by atoms with Gasteiger partial charge in [0.25, 0.3) is 0 Å². The van der Waals surface area contributed by atoms with Crippen molar-refractivity contribution in [3.05, 3.63) is 24.3 Å². The van der Waals surface area contributed by atoms with E-state index in [0.717, 1.165) is 17.8 Å². The minimum absolute atomic E-state index is 0.0512. The van der Waals surface area contributed by atoms with Crippen molar-refractivity contribution in [1.82, 2.24) is 0 Å². The monoisotopic (exact) mass is 291 g/mol. The quantitative estimate of drug-likeness (QED) is 0.807. The normalized spacial score (nSPS) is 22.0. The average molecular weight is 291 g/mol. The van der Waals surface area contributed by atoms with Gasteiger partial charge >= 0.3 is 6.09 Å². The van der Waals surface area contributed by atoms with Gasteiger partial charge in [-0.15, -0.1) is 0 Å². The van der Waals surface area contributed by atoms with Gasteiger partial charge in [-0.05, 0) is 46.2 Å². The fourth-order valence-corrected chi connectivity index (χ4v) is 2.80. The molecule has 0 radical (unpaired) electrons. The molecule has 0 fully saturated rings. The largest absolute Gasteiger partial charge is 0.443 e. The molecule has 2 N–H and O–H groups in total. The van der Waals surface area contributed by atoms with E-state index in [1.807, 2.05) is 52.0 Å². The number of ether oxygens (including phenoxy) is 1. The number of fused-ring (bicyclic) bond motifs is 1. The molecule has 1 amide bonds. The SMILES string of the molecule is CCC1C(C)N(C(=O)OC(C)(C)C)c2ccccc2N1N. The second kappa shape index (κ2) is 5.56. The summed E-state index contributed by atoms with van der Waals surface area (Å²) in [4.78, 5) is 14.3. The van der Waals surface area contributed by atoms with Crippen molar-refractivity contribution in [1.29, 1.82) is 0 Å². The van der Waals surface area contributed by atoms with Gasteiger partial charge in [-0.25, -0.2) is 10.6 Å². The lowest BCUT2D eigenvalue weighted by Gasteiger charge is -2.45. The van der Waals surface area contributed by atoms with Gasteiger partial charge in [0, 0.05) is 0 Å². The zero-order chi connectivity index (χ0) is 15.8. The third-order valence-corrected chi connectivity index (χ3v) is 3.75. The lowest BCUT2D eigenvalue weighted by atomic mass is 9.99. The maximum atomic E-state index is 12.6. The first-order valence-corrected chi connectivity index (χ1v) is 7.41. The Bertz CT molecular complexity index is 524. The van der Waals surface area contributed by atoms with E-state index in [0.29, 0.717) is 0 Å². The van der Waals surface area contributed by atoms with Gasteiger partial charge in [-0.1, -0.05) is 19.1 Å². The van der Waals surface area contributed by atoms with E-state index < -0.39 is 5.60 Å². The third kappa shape index (κ3) is 2.97. The van der Waals surface area contributed by atoms with Crippen LogP contribution < -0.4 is 15.8 Å². The maximum Gasteiger partial charge on any atom is 0.415 e. The van der Waals surface area contributed by atoms with Gasteiger partial charge in [0.15, 0.2) is 0 Å². The van der Waals surface area contributed by atoms with Crippen LogP contribution in [0.2, 0.25) is 0 Å². The maximum absolute atomic E-state index is 12.6. The summed E-state index contributed by atoms with van der Waals surface area (Å²) < 4.78 is 5.56. The number of hydrazine groups is 1. The molecule has 0 aromatic heterocycles. The highest BCUT2D eigenvalue weighted by molar-refractivity contribution is 5.94. The van der Waals surface area contributed by atoms with Crippen LogP contribution in [0.5, 0.6) is 0 Å². The fourth-order valence-electron chi connectivity index (χ4n) is 2.80. The van der Waals surface area contributed by atoms with Crippen molar-refractivity contribution in [2.45, 2.75) is 58.7 Å². The van der Waals surface area contributed by atoms with Crippen LogP contribution in [-0.2, 0) is 4.74 Å². The predicted molar refractivity (Wildman–Crippen MR) is 85.4 cm³/mol. The average Bonchev–Trinajstić information content (AvgIpc) is 2.37. The smallest absolute Gasteiger partial charge is 0.415 e. The molecule has 1 aliphatic heterocycles. The van der Waals surface area contributed by atoms with Crippen LogP contribution in [0.1, 0.15) is 41.0 Å². The van der Waals surface area contributed by atoms with Gasteiger partial charge < -0.3 is 9.75 Å². The van der Waals surface area contributed by atoms with E-state index in [4.69, 9.17) is 10.6 Å². The van der Waals surface area contributed by atoms with Crippen LogP contribution >= 0.6 is 0 Å². The van der Waals surface area contributed by atoms with Crippen LogP contribution in [-0.4, -0.2) is 23.8 Å². The number of rotatable bonds is 1. The number of nitrogens with zero attached hydrogens (tertiary/aromatic N) is 2. The van der Waals surface area contributed by atoms with Crippen molar-refractivity contribution in [2.75, 3.05) is 9.91 Å². The zero-order valence-electron chi connectivity index (χ0n) is 13.5. The lowest BCUT2D eigenvalue weighted by Crippen LogP contribution is -2.59. The number of anilines is 2. The van der Waals surface area contributed by atoms with Gasteiger partial charge in [0.2, 0.25) is 0 Å². The minimum atomic E-state index is -0.521. The summed E-state index contributed by atoms with van der Waals surface area (Å²) in [5.74, 6) is 6.24. The predicted octanol–water partition coefficient (Wildman–Crippen LogP) is 3.29. The fraction of sp³-hybridized carbons (Fsp3) is 0.562. The first kappa shape index (κ1) is 15.6. The Hall–Kier alpha value is -1.75. The summed E-state index contributed by atoms with van der Waals surface area (Å²) in [6.07, 6.45) is 0.527. The summed E-state index contributed by atoms with van der Waals surface area (Å²) in [5.41, 5.74) is 1.13. The molecule has 0 aliphatic carbocycles. The molecule has 116 valence electrons. The Morgan fingerprint density at radius 3 is 2.38 bits per heavy atom. The zero-order valence-corrected chi connectivity index (χ0v) is 13.5. The third-order valence-electron chi connectivity index (χ3n) is 3.75. The number of hydrogen-bond acceptors (Lipinski definition) is 4. The molecular weight excluding hydrogens is 266 g/mol. The minimum Gasteiger partial charge on any atom is -0.443 e. The summed E-state index contributed by atoms with van der Waals surface area (Å²) >= 11 is 0. The number of benzene rings is 1. The lowest BCUT2D eigenvalue weighted by molar-refractivity contribution is 0.0560. The molecule has 0 saturated heterocycles. The first-order chi connectivity index (χ1) is 9.76. The highest BCUT2D eigenvalue weighted by atomic mass is 16.6. The topological polar surface area (TPSA) is 58.8 Å². The highest BCUT2D eigenvalue weighted by Crippen LogP contribution is 2.38. The number of nitrogens with two attached hydrogens (primary N) is 1. The van der Waals surface area contributed by atoms with Crippen molar-refractivity contribution in [3.8, 4) is 0 Å². The molecule has 2 rings (SSSR count). The van der Waals surface area contributed by atoms with Crippen LogP contribution in [0.25, 0.3) is 0 Å². The Kier molecular flexibility index (Phi) is 4.14. The van der Waals surface area contributed by atoms with Crippen molar-refractivity contribution in [2.24, 2.45) is 5.84 Å². The van der Waals surface area contributed by atoms with E-state index in [1.54, 1.807) is 9.91 Å². The summed E-state index contributed by atoms with van der Waals surface area (Å²) in [7, 11) is 0. The summed E-state index contributed by atoms with van der Waals surface area (Å²) in [6.45, 7) is 9.70. The highest BCUT2D eigenvalue weighted by Gasteiger charge is 2.39. The van der Waals surface area contributed by atoms with Crippen LogP contribution in [0.15, 0.2) is 24.3 Å². The van der Waals surface area contributed by atoms with Crippen molar-refractivity contribution >= 4 is 17.5 Å². The number of hydrogen-bond donors (Lipinski definition) is 1. The molecule has 1 aliphatic rings. The molecule has 5 heteroatoms. The molecular formula is C16H25N3O2. The Labute approximate surface area is 126 Å². The molecule has 0 spiro atoms. The second-order valence-corrected chi connectivity index (χ2v) is 6.46. The second-order valence-electron chi connectivity index (χ2n) is 6.46. The first-order valence-electron chi connectivity index (χ1n) is 7.41. The van der Waals surface area contributed by atoms with Crippen LogP contribution in [0.4, 0.5) is 16.2 Å². The standard InChI is InChI=1S/C16H25N3O2/c1-6-12-11(2)18(15(20)21-16(3,4)5)13-9-7-8-10-14(13)19(12)17/h7-12H,6,17H2,1-5H3. The number of para-hydroxylation sites is 2. The summed E-state index contributed by atoms with van der Waals surface area (Å²) in [6, 6.07) is 7.68. The van der Waals surface area contributed by atoms with E-state index >= 15 is 0 Å².